The van der Waals surface area contributed by atoms with E-state index in [1.54, 1.807) is 0 Å². The molecule has 3 heteroatoms. The van der Waals surface area contributed by atoms with Gasteiger partial charge in [-0.3, -0.25) is 4.79 Å². The molecule has 1 heterocycles. The summed E-state index contributed by atoms with van der Waals surface area (Å²) in [4.78, 5) is 13.4. The first-order valence-electron chi connectivity index (χ1n) is 8.10. The monoisotopic (exact) mass is 335 g/mol. The zero-order chi connectivity index (χ0) is 17.1. The second kappa shape index (κ2) is 7.02. The van der Waals surface area contributed by atoms with Gasteiger partial charge in [0.2, 0.25) is 0 Å². The summed E-state index contributed by atoms with van der Waals surface area (Å²) in [5, 5.41) is 4.97. The van der Waals surface area contributed by atoms with Gasteiger partial charge < -0.3 is 5.32 Å². The fourth-order valence-corrected chi connectivity index (χ4v) is 3.40. The number of anilines is 1. The highest BCUT2D eigenvalue weighted by Gasteiger charge is 2.15. The van der Waals surface area contributed by atoms with Crippen LogP contribution in [-0.2, 0) is 0 Å². The third-order valence-corrected chi connectivity index (χ3v) is 4.98. The lowest BCUT2D eigenvalue weighted by Crippen LogP contribution is -2.11. The molecule has 3 aromatic rings. The van der Waals surface area contributed by atoms with Gasteiger partial charge in [0, 0.05) is 11.3 Å². The minimum atomic E-state index is -0.0575. The lowest BCUT2D eigenvalue weighted by Gasteiger charge is -2.09. The van der Waals surface area contributed by atoms with Crippen molar-refractivity contribution in [1.29, 1.82) is 0 Å². The van der Waals surface area contributed by atoms with Crippen LogP contribution < -0.4 is 5.32 Å². The molecule has 1 amide bonds. The van der Waals surface area contributed by atoms with Crippen molar-refractivity contribution in [1.82, 2.24) is 0 Å². The lowest BCUT2D eigenvalue weighted by atomic mass is 10.0. The maximum atomic E-state index is 12.7. The molecular weight excluding hydrogens is 314 g/mol. The quantitative estimate of drug-likeness (QED) is 0.613. The van der Waals surface area contributed by atoms with E-state index in [0.29, 0.717) is 5.92 Å². The number of carbonyl (C=O) groups excluding carboxylic acids is 1. The molecule has 2 aromatic carbocycles. The summed E-state index contributed by atoms with van der Waals surface area (Å²) in [6, 6.07) is 18.3. The van der Waals surface area contributed by atoms with Crippen molar-refractivity contribution >= 4 is 22.9 Å². The molecular formula is C21H21NOS. The van der Waals surface area contributed by atoms with Crippen LogP contribution in [0.3, 0.4) is 0 Å². The minimum Gasteiger partial charge on any atom is -0.321 e. The molecule has 0 aliphatic heterocycles. The molecule has 0 saturated carbocycles. The van der Waals surface area contributed by atoms with Crippen molar-refractivity contribution in [2.24, 2.45) is 0 Å². The van der Waals surface area contributed by atoms with Gasteiger partial charge in [0.05, 0.1) is 4.88 Å². The van der Waals surface area contributed by atoms with Crippen molar-refractivity contribution < 1.29 is 4.79 Å². The maximum Gasteiger partial charge on any atom is 0.266 e. The zero-order valence-electron chi connectivity index (χ0n) is 14.2. The summed E-state index contributed by atoms with van der Waals surface area (Å²) in [6.07, 6.45) is 0. The van der Waals surface area contributed by atoms with Gasteiger partial charge in [-0.05, 0) is 47.5 Å². The Morgan fingerprint density at radius 3 is 2.25 bits per heavy atom. The van der Waals surface area contributed by atoms with Crippen LogP contribution >= 0.6 is 11.3 Å². The number of carbonyl (C=O) groups is 1. The van der Waals surface area contributed by atoms with E-state index < -0.39 is 0 Å². The van der Waals surface area contributed by atoms with E-state index in [2.05, 4.69) is 62.5 Å². The number of hydrogen-bond donors (Lipinski definition) is 1. The molecule has 0 aliphatic rings. The number of aryl methyl sites for hydroxylation is 1. The highest BCUT2D eigenvalue weighted by molar-refractivity contribution is 7.12. The summed E-state index contributed by atoms with van der Waals surface area (Å²) < 4.78 is 0. The van der Waals surface area contributed by atoms with E-state index in [4.69, 9.17) is 0 Å². The van der Waals surface area contributed by atoms with Crippen molar-refractivity contribution in [3.63, 3.8) is 0 Å². The van der Waals surface area contributed by atoms with E-state index in [1.807, 2.05) is 23.6 Å². The number of hydrogen-bond acceptors (Lipinski definition) is 2. The molecule has 0 bridgehead atoms. The van der Waals surface area contributed by atoms with E-state index >= 15 is 0 Å². The second-order valence-corrected chi connectivity index (χ2v) is 7.18. The molecule has 0 aliphatic carbocycles. The second-order valence-electron chi connectivity index (χ2n) is 6.26. The Balaban J connectivity index is 1.81. The average Bonchev–Trinajstić information content (AvgIpc) is 3.06. The maximum absolute atomic E-state index is 12.7. The predicted molar refractivity (Wildman–Crippen MR) is 103 cm³/mol. The molecule has 2 nitrogen and oxygen atoms in total. The third kappa shape index (κ3) is 3.57. The van der Waals surface area contributed by atoms with E-state index in [-0.39, 0.29) is 5.91 Å². The Morgan fingerprint density at radius 1 is 0.958 bits per heavy atom. The number of benzene rings is 2. The number of thiophene rings is 1. The van der Waals surface area contributed by atoms with Crippen molar-refractivity contribution in [3.05, 3.63) is 76.0 Å². The van der Waals surface area contributed by atoms with Crippen LogP contribution in [0.1, 0.15) is 40.6 Å². The molecule has 0 saturated heterocycles. The van der Waals surface area contributed by atoms with Crippen LogP contribution in [0, 0.1) is 6.92 Å². The summed E-state index contributed by atoms with van der Waals surface area (Å²) in [7, 11) is 0. The Labute approximate surface area is 147 Å². The molecule has 0 radical (unpaired) electrons. The van der Waals surface area contributed by atoms with Gasteiger partial charge >= 0.3 is 0 Å². The topological polar surface area (TPSA) is 29.1 Å². The smallest absolute Gasteiger partial charge is 0.266 e. The standard InChI is InChI=1S/C21H21NOS/c1-14(2)16-8-10-18(11-9-16)22-21(23)20-19(12-13-24-20)17-6-4-15(3)5-7-17/h4-14H,1-3H3,(H,22,23). The molecule has 1 aromatic heterocycles. The van der Waals surface area contributed by atoms with Gasteiger partial charge in [-0.2, -0.15) is 0 Å². The molecule has 0 fully saturated rings. The molecule has 3 rings (SSSR count). The fraction of sp³-hybridized carbons (Fsp3) is 0.190. The first kappa shape index (κ1) is 16.5. The summed E-state index contributed by atoms with van der Waals surface area (Å²) in [5.74, 6) is 0.429. The number of amides is 1. The van der Waals surface area contributed by atoms with Gasteiger partial charge in [0.1, 0.15) is 0 Å². The third-order valence-electron chi connectivity index (χ3n) is 4.07. The van der Waals surface area contributed by atoms with Gasteiger partial charge in [0.25, 0.3) is 5.91 Å². The molecule has 1 N–H and O–H groups in total. The summed E-state index contributed by atoms with van der Waals surface area (Å²) in [5.41, 5.74) is 5.36. The minimum absolute atomic E-state index is 0.0575. The Kier molecular flexibility index (Phi) is 4.81. The van der Waals surface area contributed by atoms with Crippen molar-refractivity contribution in [3.8, 4) is 11.1 Å². The van der Waals surface area contributed by atoms with Crippen LogP contribution in [0.4, 0.5) is 5.69 Å². The number of nitrogens with one attached hydrogen (secondary N) is 1. The van der Waals surface area contributed by atoms with Crippen LogP contribution in [-0.4, -0.2) is 5.91 Å². The largest absolute Gasteiger partial charge is 0.321 e. The highest BCUT2D eigenvalue weighted by atomic mass is 32.1. The first-order valence-corrected chi connectivity index (χ1v) is 8.98. The number of rotatable bonds is 4. The normalized spacial score (nSPS) is 10.8. The van der Waals surface area contributed by atoms with E-state index in [1.165, 1.54) is 22.5 Å². The van der Waals surface area contributed by atoms with Crippen molar-refractivity contribution in [2.45, 2.75) is 26.7 Å². The molecule has 0 unspecified atom stereocenters. The first-order chi connectivity index (χ1) is 11.5. The van der Waals surface area contributed by atoms with Crippen LogP contribution in [0.2, 0.25) is 0 Å². The molecule has 0 spiro atoms. The fourth-order valence-electron chi connectivity index (χ4n) is 2.58. The van der Waals surface area contributed by atoms with E-state index in [9.17, 15) is 4.79 Å². The predicted octanol–water partition coefficient (Wildman–Crippen LogP) is 6.10. The van der Waals surface area contributed by atoms with E-state index in [0.717, 1.165) is 21.7 Å². The molecule has 24 heavy (non-hydrogen) atoms. The van der Waals surface area contributed by atoms with Crippen LogP contribution in [0.25, 0.3) is 11.1 Å². The van der Waals surface area contributed by atoms with Crippen LogP contribution in [0.5, 0.6) is 0 Å². The zero-order valence-corrected chi connectivity index (χ0v) is 15.0. The van der Waals surface area contributed by atoms with Crippen molar-refractivity contribution in [2.75, 3.05) is 5.32 Å². The summed E-state index contributed by atoms with van der Waals surface area (Å²) >= 11 is 1.47. The van der Waals surface area contributed by atoms with Crippen LogP contribution in [0.15, 0.2) is 60.0 Å². The Bertz CT molecular complexity index is 829. The SMILES string of the molecule is Cc1ccc(-c2ccsc2C(=O)Nc2ccc(C(C)C)cc2)cc1. The van der Waals surface area contributed by atoms with Gasteiger partial charge in [-0.15, -0.1) is 11.3 Å². The Morgan fingerprint density at radius 2 is 1.62 bits per heavy atom. The highest BCUT2D eigenvalue weighted by Crippen LogP contribution is 2.29. The van der Waals surface area contributed by atoms with Gasteiger partial charge in [-0.25, -0.2) is 0 Å². The Hall–Kier alpha value is -2.39. The van der Waals surface area contributed by atoms with Gasteiger partial charge in [-0.1, -0.05) is 55.8 Å². The van der Waals surface area contributed by atoms with Gasteiger partial charge in [0.15, 0.2) is 0 Å². The lowest BCUT2D eigenvalue weighted by molar-refractivity contribution is 0.103. The molecule has 122 valence electrons. The average molecular weight is 335 g/mol. The molecule has 0 atom stereocenters. The summed E-state index contributed by atoms with van der Waals surface area (Å²) in [6.45, 7) is 6.38.